The van der Waals surface area contributed by atoms with Crippen LogP contribution >= 0.6 is 15.9 Å². The Bertz CT molecular complexity index is 747. The van der Waals surface area contributed by atoms with Gasteiger partial charge in [0.1, 0.15) is 10.3 Å². The summed E-state index contributed by atoms with van der Waals surface area (Å²) in [6.45, 7) is 1.91. The maximum atomic E-state index is 11.9. The number of furan rings is 1. The predicted molar refractivity (Wildman–Crippen MR) is 74.3 cm³/mol. The molecule has 5 nitrogen and oxygen atoms in total. The summed E-state index contributed by atoms with van der Waals surface area (Å²) in [7, 11) is 0. The molecule has 3 aromatic heterocycles. The maximum Gasteiger partial charge on any atom is 0.291 e. The van der Waals surface area contributed by atoms with Crippen molar-refractivity contribution in [1.29, 1.82) is 0 Å². The van der Waals surface area contributed by atoms with Crippen LogP contribution < -0.4 is 5.32 Å². The lowest BCUT2D eigenvalue weighted by molar-refractivity contribution is 0.0996. The molecular formula is C13H10BrN3O2. The van der Waals surface area contributed by atoms with Crippen LogP contribution in [0.1, 0.15) is 16.2 Å². The van der Waals surface area contributed by atoms with Gasteiger partial charge in [-0.1, -0.05) is 0 Å². The number of aromatic nitrogens is 2. The van der Waals surface area contributed by atoms with Crippen LogP contribution in [0, 0.1) is 6.92 Å². The number of hydrogen-bond donors (Lipinski definition) is 1. The van der Waals surface area contributed by atoms with Crippen LogP contribution in [0.5, 0.6) is 0 Å². The highest BCUT2D eigenvalue weighted by atomic mass is 79.9. The minimum Gasteiger partial charge on any atom is -0.459 e. The molecule has 0 aromatic carbocycles. The first-order valence-electron chi connectivity index (χ1n) is 5.64. The highest BCUT2D eigenvalue weighted by molar-refractivity contribution is 9.10. The number of nitrogens with zero attached hydrogens (tertiary/aromatic N) is 2. The first-order valence-corrected chi connectivity index (χ1v) is 6.43. The first kappa shape index (κ1) is 12.0. The summed E-state index contributed by atoms with van der Waals surface area (Å²) in [5.74, 6) is -0.00159. The van der Waals surface area contributed by atoms with Crippen molar-refractivity contribution in [2.45, 2.75) is 6.92 Å². The molecule has 96 valence electrons. The number of halogens is 1. The van der Waals surface area contributed by atoms with Gasteiger partial charge in [0.25, 0.3) is 5.91 Å². The number of anilines is 1. The summed E-state index contributed by atoms with van der Waals surface area (Å²) in [5, 5.41) is 2.77. The van der Waals surface area contributed by atoms with Crippen molar-refractivity contribution in [3.8, 4) is 0 Å². The quantitative estimate of drug-likeness (QED) is 0.788. The van der Waals surface area contributed by atoms with Crippen molar-refractivity contribution in [2.24, 2.45) is 0 Å². The summed E-state index contributed by atoms with van der Waals surface area (Å²) in [6.07, 6.45) is 3.27. The van der Waals surface area contributed by atoms with Crippen LogP contribution in [0.4, 0.5) is 5.69 Å². The maximum absolute atomic E-state index is 11.9. The van der Waals surface area contributed by atoms with Gasteiger partial charge < -0.3 is 9.73 Å². The lowest BCUT2D eigenvalue weighted by atomic mass is 10.3. The van der Waals surface area contributed by atoms with E-state index in [0.29, 0.717) is 5.69 Å². The summed E-state index contributed by atoms with van der Waals surface area (Å²) >= 11 is 3.46. The molecule has 0 saturated carbocycles. The van der Waals surface area contributed by atoms with Crippen LogP contribution in [-0.2, 0) is 0 Å². The van der Waals surface area contributed by atoms with Gasteiger partial charge in [-0.25, -0.2) is 4.98 Å². The van der Waals surface area contributed by atoms with Crippen molar-refractivity contribution in [1.82, 2.24) is 9.38 Å². The van der Waals surface area contributed by atoms with Crippen molar-refractivity contribution in [2.75, 3.05) is 5.32 Å². The van der Waals surface area contributed by atoms with Gasteiger partial charge in [-0.05, 0) is 47.1 Å². The minimum absolute atomic E-state index is 0.279. The number of amides is 1. The molecule has 3 aromatic rings. The monoisotopic (exact) mass is 319 g/mol. The molecule has 1 amide bonds. The number of pyridine rings is 1. The van der Waals surface area contributed by atoms with Gasteiger partial charge in [-0.2, -0.15) is 0 Å². The number of aryl methyl sites for hydroxylation is 1. The van der Waals surface area contributed by atoms with E-state index in [-0.39, 0.29) is 11.7 Å². The Hall–Kier alpha value is -2.08. The molecule has 0 aliphatic rings. The lowest BCUT2D eigenvalue weighted by Gasteiger charge is -2.04. The van der Waals surface area contributed by atoms with Crippen molar-refractivity contribution in [3.63, 3.8) is 0 Å². The van der Waals surface area contributed by atoms with E-state index in [1.54, 1.807) is 24.4 Å². The third-order valence-electron chi connectivity index (χ3n) is 2.72. The minimum atomic E-state index is -0.280. The zero-order valence-corrected chi connectivity index (χ0v) is 11.6. The topological polar surface area (TPSA) is 59.5 Å². The van der Waals surface area contributed by atoms with Crippen molar-refractivity contribution in [3.05, 3.63) is 52.8 Å². The fourth-order valence-corrected chi connectivity index (χ4v) is 2.18. The van der Waals surface area contributed by atoms with Gasteiger partial charge in [0.2, 0.25) is 0 Å². The second kappa shape index (κ2) is 4.55. The predicted octanol–water partition coefficient (Wildman–Crippen LogP) is 3.25. The highest BCUT2D eigenvalue weighted by Crippen LogP contribution is 2.20. The molecular weight excluding hydrogens is 310 g/mol. The van der Waals surface area contributed by atoms with Gasteiger partial charge in [0, 0.05) is 6.20 Å². The Kier molecular flexibility index (Phi) is 2.87. The Morgan fingerprint density at radius 3 is 3.00 bits per heavy atom. The molecule has 19 heavy (non-hydrogen) atoms. The third kappa shape index (κ3) is 2.15. The largest absolute Gasteiger partial charge is 0.459 e. The SMILES string of the molecule is Cc1nc2ccc(NC(=O)c3ccco3)cn2c1Br. The number of fused-ring (bicyclic) bond motifs is 1. The number of nitrogens with one attached hydrogen (secondary N) is 1. The molecule has 1 N–H and O–H groups in total. The van der Waals surface area contributed by atoms with E-state index in [1.807, 2.05) is 17.4 Å². The zero-order valence-electron chi connectivity index (χ0n) is 10.1. The van der Waals surface area contributed by atoms with Crippen LogP contribution in [0.15, 0.2) is 45.7 Å². The smallest absolute Gasteiger partial charge is 0.291 e. The van der Waals surface area contributed by atoms with Gasteiger partial charge in [0.15, 0.2) is 5.76 Å². The molecule has 6 heteroatoms. The average Bonchev–Trinajstić information content (AvgIpc) is 3.01. The zero-order chi connectivity index (χ0) is 13.4. The molecule has 0 bridgehead atoms. The fourth-order valence-electron chi connectivity index (χ4n) is 1.81. The van der Waals surface area contributed by atoms with Crippen LogP contribution in [0.2, 0.25) is 0 Å². The van der Waals surface area contributed by atoms with Crippen LogP contribution in [-0.4, -0.2) is 15.3 Å². The van der Waals surface area contributed by atoms with E-state index >= 15 is 0 Å². The summed E-state index contributed by atoms with van der Waals surface area (Å²) in [4.78, 5) is 16.2. The normalized spacial score (nSPS) is 10.8. The van der Waals surface area contributed by atoms with Gasteiger partial charge in [0.05, 0.1) is 17.6 Å². The van der Waals surface area contributed by atoms with Gasteiger partial charge in [-0.15, -0.1) is 0 Å². The summed E-state index contributed by atoms with van der Waals surface area (Å²) in [5.41, 5.74) is 2.39. The number of carbonyl (C=O) groups excluding carboxylic acids is 1. The molecule has 3 rings (SSSR count). The van der Waals surface area contributed by atoms with Gasteiger partial charge >= 0.3 is 0 Å². The second-order valence-corrected chi connectivity index (χ2v) is 4.82. The Labute approximate surface area is 117 Å². The molecule has 3 heterocycles. The van der Waals surface area contributed by atoms with Crippen LogP contribution in [0.25, 0.3) is 5.65 Å². The molecule has 0 saturated heterocycles. The fraction of sp³-hybridized carbons (Fsp3) is 0.0769. The molecule has 0 aliphatic heterocycles. The van der Waals surface area contributed by atoms with E-state index < -0.39 is 0 Å². The Balaban J connectivity index is 1.93. The number of rotatable bonds is 2. The second-order valence-electron chi connectivity index (χ2n) is 4.07. The first-order chi connectivity index (χ1) is 9.15. The number of hydrogen-bond acceptors (Lipinski definition) is 3. The molecule has 0 spiro atoms. The molecule has 0 radical (unpaired) electrons. The standard InChI is InChI=1S/C13H10BrN3O2/c1-8-12(14)17-7-9(4-5-11(17)15-8)16-13(18)10-3-2-6-19-10/h2-7H,1H3,(H,16,18). The molecule has 0 unspecified atom stereocenters. The van der Waals surface area contributed by atoms with E-state index in [2.05, 4.69) is 26.2 Å². The average molecular weight is 320 g/mol. The Morgan fingerprint density at radius 2 is 2.26 bits per heavy atom. The number of imidazole rings is 1. The molecule has 0 fully saturated rings. The number of carbonyl (C=O) groups is 1. The Morgan fingerprint density at radius 1 is 1.42 bits per heavy atom. The van der Waals surface area contributed by atoms with E-state index in [4.69, 9.17) is 4.42 Å². The lowest BCUT2D eigenvalue weighted by Crippen LogP contribution is -2.11. The van der Waals surface area contributed by atoms with Crippen molar-refractivity contribution >= 4 is 33.2 Å². The highest BCUT2D eigenvalue weighted by Gasteiger charge is 2.10. The molecule has 0 aliphatic carbocycles. The third-order valence-corrected chi connectivity index (χ3v) is 3.68. The van der Waals surface area contributed by atoms with E-state index in [9.17, 15) is 4.79 Å². The summed E-state index contributed by atoms with van der Waals surface area (Å²) in [6, 6.07) is 6.93. The van der Waals surface area contributed by atoms with Crippen molar-refractivity contribution < 1.29 is 9.21 Å². The van der Waals surface area contributed by atoms with Crippen LogP contribution in [0.3, 0.4) is 0 Å². The van der Waals surface area contributed by atoms with Gasteiger partial charge in [-0.3, -0.25) is 9.20 Å². The molecule has 0 atom stereocenters. The van der Waals surface area contributed by atoms with E-state index in [0.717, 1.165) is 15.9 Å². The van der Waals surface area contributed by atoms with E-state index in [1.165, 1.54) is 6.26 Å². The summed E-state index contributed by atoms with van der Waals surface area (Å²) < 4.78 is 7.78.